The first-order chi connectivity index (χ1) is 20.3. The molecule has 2 aromatic carbocycles. The van der Waals surface area contributed by atoms with Crippen LogP contribution in [0.25, 0.3) is 6.08 Å². The minimum Gasteiger partial charge on any atom is -0.497 e. The van der Waals surface area contributed by atoms with E-state index in [1.54, 1.807) is 44.2 Å². The number of carbonyl (C=O) groups excluding carboxylic acids is 1. The van der Waals surface area contributed by atoms with Crippen LogP contribution in [0.3, 0.4) is 0 Å². The zero-order chi connectivity index (χ0) is 30.0. The molecule has 1 aromatic heterocycles. The van der Waals surface area contributed by atoms with Gasteiger partial charge in [-0.3, -0.25) is 19.5 Å². The van der Waals surface area contributed by atoms with Gasteiger partial charge in [0, 0.05) is 42.0 Å². The Labute approximate surface area is 246 Å². The Balaban J connectivity index is 1.76. The molecule has 1 fully saturated rings. The average Bonchev–Trinajstić information content (AvgIpc) is 3.30. The lowest BCUT2D eigenvalue weighted by Gasteiger charge is -2.30. The molecule has 0 spiro atoms. The summed E-state index contributed by atoms with van der Waals surface area (Å²) >= 11 is 1.16. The molecule has 0 unspecified atom stereocenters. The highest BCUT2D eigenvalue weighted by Gasteiger charge is 2.35. The number of nitro benzene ring substituents is 1. The maximum atomic E-state index is 14.2. The number of carbonyl (C=O) groups is 1. The standard InChI is InChI=1S/C30H32N4O7S/c1-5-41-29(36)26-18(2)31-30-33(27(26)22-17-21(39-3)10-12-24(22)40-4)28(35)25(42-30)16-19-15-20(34(37)38)9-11-23(19)32-13-7-6-8-14-32/h9-12,15-17,27H,5-8,13-14H2,1-4H3/t27-/m0/s1. The second kappa shape index (κ2) is 12.2. The molecule has 3 aromatic rings. The lowest BCUT2D eigenvalue weighted by Crippen LogP contribution is -2.40. The van der Waals surface area contributed by atoms with Crippen molar-refractivity contribution in [2.75, 3.05) is 38.8 Å². The van der Waals surface area contributed by atoms with Crippen LogP contribution in [0.4, 0.5) is 11.4 Å². The Kier molecular flexibility index (Phi) is 8.44. The van der Waals surface area contributed by atoms with Crippen molar-refractivity contribution in [2.24, 2.45) is 4.99 Å². The van der Waals surface area contributed by atoms with Crippen LogP contribution in [-0.4, -0.2) is 49.4 Å². The molecule has 1 saturated heterocycles. The summed E-state index contributed by atoms with van der Waals surface area (Å²) in [4.78, 5) is 45.9. The molecule has 0 saturated carbocycles. The predicted molar refractivity (Wildman–Crippen MR) is 159 cm³/mol. The third kappa shape index (κ3) is 5.41. The first kappa shape index (κ1) is 29.1. The normalized spacial score (nSPS) is 17.0. The molecular weight excluding hydrogens is 560 g/mol. The summed E-state index contributed by atoms with van der Waals surface area (Å²) in [6.07, 6.45) is 4.87. The first-order valence-corrected chi connectivity index (χ1v) is 14.5. The van der Waals surface area contributed by atoms with Crippen molar-refractivity contribution in [2.45, 2.75) is 39.2 Å². The van der Waals surface area contributed by atoms with Crippen molar-refractivity contribution in [1.29, 1.82) is 0 Å². The van der Waals surface area contributed by atoms with E-state index in [1.165, 1.54) is 30.9 Å². The number of nitrogens with zero attached hydrogens (tertiary/aromatic N) is 4. The second-order valence-electron chi connectivity index (χ2n) is 9.96. The summed E-state index contributed by atoms with van der Waals surface area (Å²) in [5, 5.41) is 11.6. The number of ether oxygens (including phenoxy) is 3. The molecule has 2 aliphatic rings. The molecule has 11 nitrogen and oxygen atoms in total. The number of anilines is 1. The summed E-state index contributed by atoms with van der Waals surface area (Å²) in [6.45, 7) is 5.23. The maximum absolute atomic E-state index is 14.2. The number of benzene rings is 2. The fourth-order valence-electron chi connectivity index (χ4n) is 5.47. The van der Waals surface area contributed by atoms with Crippen LogP contribution in [0.15, 0.2) is 57.5 Å². The van der Waals surface area contributed by atoms with Crippen molar-refractivity contribution >= 4 is 34.8 Å². The van der Waals surface area contributed by atoms with Crippen molar-refractivity contribution < 1.29 is 23.9 Å². The molecule has 0 radical (unpaired) electrons. The van der Waals surface area contributed by atoms with Gasteiger partial charge in [0.1, 0.15) is 17.5 Å². The predicted octanol–water partition coefficient (Wildman–Crippen LogP) is 3.71. The number of rotatable bonds is 8. The minimum absolute atomic E-state index is 0.0609. The molecule has 0 N–H and O–H groups in total. The summed E-state index contributed by atoms with van der Waals surface area (Å²) in [5.74, 6) is 0.389. The molecule has 2 aliphatic heterocycles. The molecule has 0 amide bonds. The number of piperidine rings is 1. The summed E-state index contributed by atoms with van der Waals surface area (Å²) in [5.41, 5.74) is 2.13. The van der Waals surface area contributed by atoms with Gasteiger partial charge in [-0.15, -0.1) is 0 Å². The van der Waals surface area contributed by atoms with Crippen LogP contribution in [0.1, 0.15) is 50.3 Å². The van der Waals surface area contributed by atoms with Crippen LogP contribution in [0.5, 0.6) is 11.5 Å². The Morgan fingerprint density at radius 2 is 1.90 bits per heavy atom. The van der Waals surface area contributed by atoms with Gasteiger partial charge in [0.15, 0.2) is 4.80 Å². The van der Waals surface area contributed by atoms with E-state index in [0.717, 1.165) is 49.4 Å². The van der Waals surface area contributed by atoms with Crippen molar-refractivity contribution in [3.63, 3.8) is 0 Å². The highest BCUT2D eigenvalue weighted by atomic mass is 32.1. The van der Waals surface area contributed by atoms with Gasteiger partial charge in [-0.25, -0.2) is 9.79 Å². The van der Waals surface area contributed by atoms with E-state index < -0.39 is 16.9 Å². The van der Waals surface area contributed by atoms with Crippen LogP contribution < -0.4 is 29.3 Å². The number of allylic oxidation sites excluding steroid dienone is 1. The van der Waals surface area contributed by atoms with Gasteiger partial charge in [0.25, 0.3) is 11.2 Å². The van der Waals surface area contributed by atoms with E-state index >= 15 is 0 Å². The molecule has 42 heavy (non-hydrogen) atoms. The zero-order valence-corrected chi connectivity index (χ0v) is 24.7. The quantitative estimate of drug-likeness (QED) is 0.220. The maximum Gasteiger partial charge on any atom is 0.338 e. The molecule has 1 atom stereocenters. The molecule has 220 valence electrons. The lowest BCUT2D eigenvalue weighted by atomic mass is 9.94. The largest absolute Gasteiger partial charge is 0.497 e. The Hall–Kier alpha value is -4.45. The van der Waals surface area contributed by atoms with Crippen LogP contribution in [-0.2, 0) is 9.53 Å². The molecular formula is C30H32N4O7S. The second-order valence-corrected chi connectivity index (χ2v) is 11.0. The van der Waals surface area contributed by atoms with Gasteiger partial charge < -0.3 is 19.1 Å². The molecule has 12 heteroatoms. The van der Waals surface area contributed by atoms with Gasteiger partial charge in [-0.05, 0) is 63.5 Å². The van der Waals surface area contributed by atoms with Crippen LogP contribution >= 0.6 is 11.3 Å². The number of hydrogen-bond donors (Lipinski definition) is 0. The van der Waals surface area contributed by atoms with E-state index in [0.29, 0.717) is 37.7 Å². The highest BCUT2D eigenvalue weighted by Crippen LogP contribution is 2.38. The van der Waals surface area contributed by atoms with Crippen LogP contribution in [0, 0.1) is 10.1 Å². The van der Waals surface area contributed by atoms with Gasteiger partial charge in [-0.1, -0.05) is 11.3 Å². The highest BCUT2D eigenvalue weighted by molar-refractivity contribution is 7.07. The molecule has 0 aliphatic carbocycles. The minimum atomic E-state index is -0.904. The van der Waals surface area contributed by atoms with Gasteiger partial charge in [-0.2, -0.15) is 0 Å². The zero-order valence-electron chi connectivity index (χ0n) is 23.9. The third-order valence-corrected chi connectivity index (χ3v) is 8.44. The number of thiazole rings is 1. The number of hydrogen-bond acceptors (Lipinski definition) is 10. The smallest absolute Gasteiger partial charge is 0.338 e. The van der Waals surface area contributed by atoms with Gasteiger partial charge in [0.05, 0.1) is 41.6 Å². The van der Waals surface area contributed by atoms with E-state index in [4.69, 9.17) is 14.2 Å². The van der Waals surface area contributed by atoms with E-state index in [1.807, 2.05) is 0 Å². The van der Waals surface area contributed by atoms with E-state index in [9.17, 15) is 19.7 Å². The fourth-order valence-corrected chi connectivity index (χ4v) is 6.51. The number of aromatic nitrogens is 1. The first-order valence-electron chi connectivity index (χ1n) is 13.7. The molecule has 0 bridgehead atoms. The van der Waals surface area contributed by atoms with E-state index in [2.05, 4.69) is 9.89 Å². The third-order valence-electron chi connectivity index (χ3n) is 7.45. The van der Waals surface area contributed by atoms with Gasteiger partial charge >= 0.3 is 5.97 Å². The topological polar surface area (TPSA) is 126 Å². The number of esters is 1. The monoisotopic (exact) mass is 592 g/mol. The molecule has 3 heterocycles. The number of fused-ring (bicyclic) bond motifs is 1. The summed E-state index contributed by atoms with van der Waals surface area (Å²) in [7, 11) is 3.05. The lowest BCUT2D eigenvalue weighted by molar-refractivity contribution is -0.384. The van der Waals surface area contributed by atoms with Crippen molar-refractivity contribution in [3.8, 4) is 11.5 Å². The number of non-ortho nitro benzene ring substituents is 1. The fraction of sp³-hybridized carbons (Fsp3) is 0.367. The summed E-state index contributed by atoms with van der Waals surface area (Å²) < 4.78 is 18.3. The molecule has 5 rings (SSSR count). The number of methoxy groups -OCH3 is 2. The van der Waals surface area contributed by atoms with Crippen LogP contribution in [0.2, 0.25) is 0 Å². The average molecular weight is 593 g/mol. The van der Waals surface area contributed by atoms with Crippen molar-refractivity contribution in [1.82, 2.24) is 4.57 Å². The van der Waals surface area contributed by atoms with Gasteiger partial charge in [0.2, 0.25) is 0 Å². The Bertz CT molecular complexity index is 1750. The Morgan fingerprint density at radius 3 is 2.57 bits per heavy atom. The SMILES string of the molecule is CCOC(=O)C1=C(C)N=c2sc(=Cc3cc([N+](=O)[O-])ccc3N3CCCCC3)c(=O)n2[C@H]1c1cc(OC)ccc1OC. The number of nitro groups is 1. The van der Waals surface area contributed by atoms with E-state index in [-0.39, 0.29) is 23.4 Å². The Morgan fingerprint density at radius 1 is 1.14 bits per heavy atom. The summed E-state index contributed by atoms with van der Waals surface area (Å²) in [6, 6.07) is 9.02. The van der Waals surface area contributed by atoms with Crippen molar-refractivity contribution in [3.05, 3.63) is 88.6 Å².